The Hall–Kier alpha value is -1.73. The predicted molar refractivity (Wildman–Crippen MR) is 94.3 cm³/mol. The van der Waals surface area contributed by atoms with Gasteiger partial charge in [-0.25, -0.2) is 4.68 Å². The first kappa shape index (κ1) is 17.6. The number of amides is 1. The largest absolute Gasteiger partial charge is 0.336 e. The number of nitrogen functional groups attached to an aromatic ring is 1. The van der Waals surface area contributed by atoms with Crippen LogP contribution in [0.15, 0.2) is 23.4 Å². The molecule has 0 fully saturated rings. The van der Waals surface area contributed by atoms with E-state index in [-0.39, 0.29) is 11.7 Å². The minimum absolute atomic E-state index is 0.140. The highest BCUT2D eigenvalue weighted by Gasteiger charge is 2.13. The van der Waals surface area contributed by atoms with Crippen LogP contribution in [0.25, 0.3) is 0 Å². The number of benzene rings is 1. The average Bonchev–Trinajstić information content (AvgIpc) is 2.88. The maximum Gasteiger partial charge on any atom is 0.234 e. The average molecular weight is 354 g/mol. The smallest absolute Gasteiger partial charge is 0.234 e. The van der Waals surface area contributed by atoms with Crippen molar-refractivity contribution >= 4 is 35.0 Å². The quantitative estimate of drug-likeness (QED) is 0.590. The summed E-state index contributed by atoms with van der Waals surface area (Å²) in [6.07, 6.45) is 2.86. The van der Waals surface area contributed by atoms with Crippen LogP contribution in [0.1, 0.15) is 31.2 Å². The Kier molecular flexibility index (Phi) is 6.29. The Bertz CT molecular complexity index is 689. The predicted octanol–water partition coefficient (Wildman–Crippen LogP) is 3.03. The molecule has 2 aromatic rings. The van der Waals surface area contributed by atoms with E-state index >= 15 is 0 Å². The Morgan fingerprint density at radius 2 is 2.22 bits per heavy atom. The van der Waals surface area contributed by atoms with Gasteiger partial charge in [0.1, 0.15) is 0 Å². The molecule has 0 atom stereocenters. The number of nitrogens with zero attached hydrogens (tertiary/aromatic N) is 3. The third kappa shape index (κ3) is 4.62. The summed E-state index contributed by atoms with van der Waals surface area (Å²) in [6, 6.07) is 5.41. The van der Waals surface area contributed by atoms with Crippen LogP contribution in [0, 0.1) is 6.92 Å². The summed E-state index contributed by atoms with van der Waals surface area (Å²) in [5, 5.41) is 12.1. The number of nitrogens with two attached hydrogens (primary N) is 1. The van der Waals surface area contributed by atoms with E-state index in [1.54, 1.807) is 12.1 Å². The molecule has 3 N–H and O–H groups in total. The highest BCUT2D eigenvalue weighted by atomic mass is 35.5. The maximum atomic E-state index is 12.1. The van der Waals surface area contributed by atoms with Crippen molar-refractivity contribution in [1.29, 1.82) is 0 Å². The number of aromatic nitrogens is 3. The molecule has 8 heteroatoms. The van der Waals surface area contributed by atoms with Crippen molar-refractivity contribution in [1.82, 2.24) is 14.9 Å². The summed E-state index contributed by atoms with van der Waals surface area (Å²) in [5.74, 6) is 6.75. The number of thioether (sulfide) groups is 1. The number of anilines is 1. The number of hydrogen-bond acceptors (Lipinski definition) is 5. The van der Waals surface area contributed by atoms with E-state index in [1.165, 1.54) is 16.4 Å². The Labute approximate surface area is 144 Å². The first-order valence-electron chi connectivity index (χ1n) is 7.40. The van der Waals surface area contributed by atoms with Gasteiger partial charge in [-0.15, -0.1) is 10.2 Å². The Morgan fingerprint density at radius 3 is 2.96 bits per heavy atom. The maximum absolute atomic E-state index is 12.1. The zero-order chi connectivity index (χ0) is 16.8. The molecule has 0 aliphatic carbocycles. The molecule has 0 aliphatic rings. The summed E-state index contributed by atoms with van der Waals surface area (Å²) in [6.45, 7) is 3.97. The van der Waals surface area contributed by atoms with E-state index in [0.717, 1.165) is 30.7 Å². The van der Waals surface area contributed by atoms with Crippen molar-refractivity contribution < 1.29 is 4.79 Å². The molecule has 1 aromatic carbocycles. The fourth-order valence-electron chi connectivity index (χ4n) is 1.97. The fraction of sp³-hybridized carbons (Fsp3) is 0.400. The van der Waals surface area contributed by atoms with Gasteiger partial charge in [0, 0.05) is 17.1 Å². The van der Waals surface area contributed by atoms with Crippen LogP contribution < -0.4 is 11.2 Å². The van der Waals surface area contributed by atoms with Crippen LogP contribution in [0.4, 0.5) is 5.69 Å². The van der Waals surface area contributed by atoms with E-state index in [1.807, 2.05) is 13.0 Å². The number of hydrogen-bond donors (Lipinski definition) is 2. The van der Waals surface area contributed by atoms with E-state index < -0.39 is 0 Å². The molecule has 124 valence electrons. The highest BCUT2D eigenvalue weighted by Crippen LogP contribution is 2.23. The molecular formula is C15H20ClN5OS. The lowest BCUT2D eigenvalue weighted by atomic mass is 10.2. The third-order valence-corrected chi connectivity index (χ3v) is 4.72. The first-order chi connectivity index (χ1) is 11.0. The van der Waals surface area contributed by atoms with Gasteiger partial charge in [-0.1, -0.05) is 42.8 Å². The van der Waals surface area contributed by atoms with E-state index in [0.29, 0.717) is 15.9 Å². The molecule has 0 spiro atoms. The summed E-state index contributed by atoms with van der Waals surface area (Å²) in [4.78, 5) is 12.1. The lowest BCUT2D eigenvalue weighted by molar-refractivity contribution is -0.113. The molecule has 0 aliphatic heterocycles. The number of aryl methyl sites for hydroxylation is 1. The molecule has 0 unspecified atom stereocenters. The number of unbranched alkanes of at least 4 members (excludes halogenated alkanes) is 1. The van der Waals surface area contributed by atoms with Gasteiger partial charge in [-0.2, -0.15) is 0 Å². The molecule has 0 saturated heterocycles. The molecule has 1 aromatic heterocycles. The first-order valence-corrected chi connectivity index (χ1v) is 8.76. The number of nitrogens with one attached hydrogen (secondary N) is 1. The zero-order valence-corrected chi connectivity index (χ0v) is 14.7. The summed E-state index contributed by atoms with van der Waals surface area (Å²) >= 11 is 7.30. The number of halogens is 1. The third-order valence-electron chi connectivity index (χ3n) is 3.36. The standard InChI is InChI=1S/C15H20ClN5OS/c1-3-4-8-13-19-20-15(21(13)17)23-9-14(22)18-12-7-5-6-11(16)10(12)2/h5-7H,3-4,8-9,17H2,1-2H3,(H,18,22). The monoisotopic (exact) mass is 353 g/mol. The molecular weight excluding hydrogens is 334 g/mol. The van der Waals surface area contributed by atoms with Gasteiger partial charge in [0.15, 0.2) is 5.82 Å². The fourth-order valence-corrected chi connectivity index (χ4v) is 2.82. The SMILES string of the molecule is CCCCc1nnc(SCC(=O)Nc2cccc(Cl)c2C)n1N. The minimum atomic E-state index is -0.140. The van der Waals surface area contributed by atoms with Crippen molar-refractivity contribution in [3.8, 4) is 0 Å². The van der Waals surface area contributed by atoms with Crippen LogP contribution in [0.5, 0.6) is 0 Å². The van der Waals surface area contributed by atoms with Crippen molar-refractivity contribution in [2.45, 2.75) is 38.3 Å². The van der Waals surface area contributed by atoms with Gasteiger partial charge in [0.25, 0.3) is 0 Å². The second kappa shape index (κ2) is 8.21. The molecule has 1 heterocycles. The number of carbonyl (C=O) groups is 1. The van der Waals surface area contributed by atoms with Crippen LogP contribution in [0.3, 0.4) is 0 Å². The molecule has 6 nitrogen and oxygen atoms in total. The minimum Gasteiger partial charge on any atom is -0.336 e. The molecule has 1 amide bonds. The van der Waals surface area contributed by atoms with Crippen molar-refractivity contribution in [2.75, 3.05) is 16.9 Å². The summed E-state index contributed by atoms with van der Waals surface area (Å²) in [5.41, 5.74) is 1.55. The topological polar surface area (TPSA) is 85.8 Å². The summed E-state index contributed by atoms with van der Waals surface area (Å²) < 4.78 is 1.46. The van der Waals surface area contributed by atoms with Gasteiger partial charge in [0.2, 0.25) is 11.1 Å². The van der Waals surface area contributed by atoms with Crippen molar-refractivity contribution in [3.63, 3.8) is 0 Å². The van der Waals surface area contributed by atoms with E-state index in [9.17, 15) is 4.79 Å². The summed E-state index contributed by atoms with van der Waals surface area (Å²) in [7, 11) is 0. The number of rotatable bonds is 7. The van der Waals surface area contributed by atoms with Crippen LogP contribution in [-0.2, 0) is 11.2 Å². The Balaban J connectivity index is 1.92. The van der Waals surface area contributed by atoms with Gasteiger partial charge >= 0.3 is 0 Å². The van der Waals surface area contributed by atoms with Crippen molar-refractivity contribution in [2.24, 2.45) is 0 Å². The lowest BCUT2D eigenvalue weighted by Gasteiger charge is -2.09. The normalized spacial score (nSPS) is 10.7. The second-order valence-electron chi connectivity index (χ2n) is 5.12. The molecule has 0 bridgehead atoms. The van der Waals surface area contributed by atoms with Gasteiger partial charge in [-0.3, -0.25) is 4.79 Å². The lowest BCUT2D eigenvalue weighted by Crippen LogP contribution is -2.17. The second-order valence-corrected chi connectivity index (χ2v) is 6.47. The van der Waals surface area contributed by atoms with E-state index in [4.69, 9.17) is 17.4 Å². The zero-order valence-electron chi connectivity index (χ0n) is 13.2. The molecule has 0 radical (unpaired) electrons. The van der Waals surface area contributed by atoms with Gasteiger partial charge in [0.05, 0.1) is 5.75 Å². The van der Waals surface area contributed by atoms with Gasteiger partial charge < -0.3 is 11.2 Å². The molecule has 23 heavy (non-hydrogen) atoms. The van der Waals surface area contributed by atoms with Gasteiger partial charge in [-0.05, 0) is 31.0 Å². The molecule has 0 saturated carbocycles. The van der Waals surface area contributed by atoms with Crippen molar-refractivity contribution in [3.05, 3.63) is 34.6 Å². The highest BCUT2D eigenvalue weighted by molar-refractivity contribution is 7.99. The number of carbonyl (C=O) groups excluding carboxylic acids is 1. The van der Waals surface area contributed by atoms with Crippen LogP contribution >= 0.6 is 23.4 Å². The molecule has 2 rings (SSSR count). The van der Waals surface area contributed by atoms with Crippen LogP contribution in [-0.4, -0.2) is 26.5 Å². The van der Waals surface area contributed by atoms with Crippen LogP contribution in [0.2, 0.25) is 5.02 Å². The van der Waals surface area contributed by atoms with E-state index in [2.05, 4.69) is 22.4 Å². The Morgan fingerprint density at radius 1 is 1.43 bits per heavy atom.